The van der Waals surface area contributed by atoms with Crippen molar-refractivity contribution in [2.75, 3.05) is 0 Å². The molecule has 0 bridgehead atoms. The zero-order valence-corrected chi connectivity index (χ0v) is 15.6. The molecule has 6 nitrogen and oxygen atoms in total. The van der Waals surface area contributed by atoms with Gasteiger partial charge >= 0.3 is 5.69 Å². The van der Waals surface area contributed by atoms with Crippen molar-refractivity contribution in [1.82, 2.24) is 14.5 Å². The largest absolute Gasteiger partial charge is 0.329 e. The van der Waals surface area contributed by atoms with E-state index in [2.05, 4.69) is 48.1 Å². The van der Waals surface area contributed by atoms with E-state index in [4.69, 9.17) is 0 Å². The van der Waals surface area contributed by atoms with Gasteiger partial charge in [-0.15, -0.1) is 0 Å². The fourth-order valence-corrected chi connectivity index (χ4v) is 3.86. The predicted octanol–water partition coefficient (Wildman–Crippen LogP) is 2.66. The van der Waals surface area contributed by atoms with Crippen molar-refractivity contribution < 1.29 is 4.79 Å². The molecular formula is C21H21N3O3. The summed E-state index contributed by atoms with van der Waals surface area (Å²) in [5, 5.41) is 0.339. The molecular weight excluding hydrogens is 342 g/mol. The maximum Gasteiger partial charge on any atom is 0.329 e. The first-order valence-electron chi connectivity index (χ1n) is 9.10. The van der Waals surface area contributed by atoms with Gasteiger partial charge in [-0.25, -0.2) is 9.78 Å². The van der Waals surface area contributed by atoms with Gasteiger partial charge in [-0.1, -0.05) is 38.1 Å². The number of hydrogen-bond donors (Lipinski definition) is 1. The maximum absolute atomic E-state index is 12.7. The summed E-state index contributed by atoms with van der Waals surface area (Å²) in [7, 11) is 1.56. The summed E-state index contributed by atoms with van der Waals surface area (Å²) in [6, 6.07) is 8.34. The van der Waals surface area contributed by atoms with Gasteiger partial charge in [0.05, 0.1) is 5.39 Å². The number of carbonyl (C=O) groups is 1. The monoisotopic (exact) mass is 363 g/mol. The van der Waals surface area contributed by atoms with Crippen LogP contribution in [0.3, 0.4) is 0 Å². The van der Waals surface area contributed by atoms with Crippen LogP contribution in [-0.2, 0) is 13.5 Å². The van der Waals surface area contributed by atoms with Gasteiger partial charge in [0.25, 0.3) is 5.56 Å². The van der Waals surface area contributed by atoms with E-state index in [0.29, 0.717) is 40.9 Å². The number of hydrogen-bond acceptors (Lipinski definition) is 4. The summed E-state index contributed by atoms with van der Waals surface area (Å²) >= 11 is 0. The molecule has 1 atom stereocenters. The van der Waals surface area contributed by atoms with Crippen LogP contribution in [0.2, 0.25) is 0 Å². The summed E-state index contributed by atoms with van der Waals surface area (Å²) in [4.78, 5) is 43.6. The van der Waals surface area contributed by atoms with Crippen molar-refractivity contribution in [1.29, 1.82) is 0 Å². The topological polar surface area (TPSA) is 84.8 Å². The third-order valence-corrected chi connectivity index (χ3v) is 5.49. The van der Waals surface area contributed by atoms with Gasteiger partial charge in [-0.3, -0.25) is 19.1 Å². The second kappa shape index (κ2) is 6.30. The molecule has 1 aliphatic rings. The lowest BCUT2D eigenvalue weighted by Gasteiger charge is -2.25. The van der Waals surface area contributed by atoms with Crippen molar-refractivity contribution in [3.8, 4) is 0 Å². The molecule has 27 heavy (non-hydrogen) atoms. The number of aromatic amines is 1. The van der Waals surface area contributed by atoms with Gasteiger partial charge in [-0.2, -0.15) is 0 Å². The van der Waals surface area contributed by atoms with E-state index >= 15 is 0 Å². The summed E-state index contributed by atoms with van der Waals surface area (Å²) in [5.74, 6) is 0.438. The first-order chi connectivity index (χ1) is 12.9. The summed E-state index contributed by atoms with van der Waals surface area (Å²) in [6.07, 6.45) is 2.46. The Morgan fingerprint density at radius 3 is 2.48 bits per heavy atom. The molecule has 2 aromatic heterocycles. The standard InChI is InChI=1S/C21H21N3O3/c1-11(2)12-4-6-13(7-5-12)14-8-15-16(17(25)9-14)10-22-19-18(15)20(26)23-21(27)24(19)3/h4-7,10-11,14H,8-9H2,1-3H3,(H,23,26,27)/t14-/m1/s1. The Morgan fingerprint density at radius 1 is 1.11 bits per heavy atom. The number of ketones is 1. The van der Waals surface area contributed by atoms with Crippen LogP contribution in [0.4, 0.5) is 0 Å². The number of carbonyl (C=O) groups excluding carboxylic acids is 1. The zero-order valence-electron chi connectivity index (χ0n) is 15.6. The highest BCUT2D eigenvalue weighted by molar-refractivity contribution is 6.02. The third kappa shape index (κ3) is 2.81. The molecule has 2 heterocycles. The number of aromatic nitrogens is 3. The molecule has 3 aromatic rings. The van der Waals surface area contributed by atoms with Crippen LogP contribution < -0.4 is 11.2 Å². The Balaban J connectivity index is 1.85. The van der Waals surface area contributed by atoms with E-state index in [0.717, 1.165) is 5.56 Å². The van der Waals surface area contributed by atoms with Gasteiger partial charge in [0.15, 0.2) is 5.78 Å². The van der Waals surface area contributed by atoms with Gasteiger partial charge in [0.2, 0.25) is 0 Å². The highest BCUT2D eigenvalue weighted by atomic mass is 16.2. The van der Waals surface area contributed by atoms with Crippen molar-refractivity contribution in [3.63, 3.8) is 0 Å². The second-order valence-corrected chi connectivity index (χ2v) is 7.52. The number of rotatable bonds is 2. The molecule has 1 N–H and O–H groups in total. The molecule has 0 unspecified atom stereocenters. The Labute approximate surface area is 155 Å². The lowest BCUT2D eigenvalue weighted by atomic mass is 9.79. The first-order valence-corrected chi connectivity index (χ1v) is 9.10. The third-order valence-electron chi connectivity index (χ3n) is 5.49. The molecule has 1 aliphatic carbocycles. The van der Waals surface area contributed by atoms with Gasteiger partial charge < -0.3 is 0 Å². The van der Waals surface area contributed by atoms with E-state index in [9.17, 15) is 14.4 Å². The normalized spacial score (nSPS) is 16.7. The number of Topliss-reactive ketones (excluding diaryl/α,β-unsaturated/α-hetero) is 1. The van der Waals surface area contributed by atoms with Crippen molar-refractivity contribution in [2.45, 2.75) is 38.5 Å². The smallest absolute Gasteiger partial charge is 0.294 e. The van der Waals surface area contributed by atoms with Crippen molar-refractivity contribution >= 4 is 16.8 Å². The summed E-state index contributed by atoms with van der Waals surface area (Å²) in [5.41, 5.74) is 2.83. The van der Waals surface area contributed by atoms with Gasteiger partial charge in [0.1, 0.15) is 5.65 Å². The fourth-order valence-electron chi connectivity index (χ4n) is 3.86. The summed E-state index contributed by atoms with van der Waals surface area (Å²) in [6.45, 7) is 4.29. The molecule has 0 spiro atoms. The lowest BCUT2D eigenvalue weighted by molar-refractivity contribution is 0.0964. The molecule has 0 saturated heterocycles. The number of fused-ring (bicyclic) bond motifs is 3. The Kier molecular flexibility index (Phi) is 4.06. The van der Waals surface area contributed by atoms with Crippen LogP contribution >= 0.6 is 0 Å². The van der Waals surface area contributed by atoms with Crippen LogP contribution in [0.5, 0.6) is 0 Å². The predicted molar refractivity (Wildman–Crippen MR) is 104 cm³/mol. The SMILES string of the molecule is CC(C)c1ccc([C@H]2CC(=O)c3cnc4c(c3C2)c(=O)[nH]c(=O)n4C)cc1. The quantitative estimate of drug-likeness (QED) is 0.758. The van der Waals surface area contributed by atoms with E-state index in [1.807, 2.05) is 0 Å². The minimum atomic E-state index is -0.511. The molecule has 0 saturated carbocycles. The van der Waals surface area contributed by atoms with Gasteiger partial charge in [-0.05, 0) is 34.9 Å². The van der Waals surface area contributed by atoms with Crippen LogP contribution in [0, 0.1) is 0 Å². The Morgan fingerprint density at radius 2 is 1.81 bits per heavy atom. The first kappa shape index (κ1) is 17.4. The van der Waals surface area contributed by atoms with Crippen LogP contribution in [0.15, 0.2) is 40.1 Å². The molecule has 0 radical (unpaired) electrons. The molecule has 4 rings (SSSR count). The fraction of sp³-hybridized carbons (Fsp3) is 0.333. The lowest BCUT2D eigenvalue weighted by Crippen LogP contribution is -2.31. The Hall–Kier alpha value is -3.02. The molecule has 138 valence electrons. The highest BCUT2D eigenvalue weighted by Crippen LogP contribution is 2.35. The minimum absolute atomic E-state index is 0.00782. The number of benzene rings is 1. The van der Waals surface area contributed by atoms with Crippen LogP contribution in [0.25, 0.3) is 11.0 Å². The minimum Gasteiger partial charge on any atom is -0.294 e. The van der Waals surface area contributed by atoms with Gasteiger partial charge in [0, 0.05) is 25.2 Å². The average Bonchev–Trinajstić information content (AvgIpc) is 2.65. The van der Waals surface area contributed by atoms with Crippen molar-refractivity contribution in [2.24, 2.45) is 7.05 Å². The zero-order chi connectivity index (χ0) is 19.3. The number of H-pyrrole nitrogens is 1. The van der Waals surface area contributed by atoms with Crippen LogP contribution in [-0.4, -0.2) is 20.3 Å². The number of nitrogens with one attached hydrogen (secondary N) is 1. The summed E-state index contributed by atoms with van der Waals surface area (Å²) < 4.78 is 1.31. The van der Waals surface area contributed by atoms with E-state index in [1.54, 1.807) is 7.05 Å². The molecule has 0 aliphatic heterocycles. The second-order valence-electron chi connectivity index (χ2n) is 7.52. The molecule has 0 amide bonds. The van der Waals surface area contributed by atoms with E-state index < -0.39 is 11.2 Å². The number of aryl methyl sites for hydroxylation is 1. The van der Waals surface area contributed by atoms with Crippen LogP contribution in [0.1, 0.15) is 59.2 Å². The Bertz CT molecular complexity index is 1170. The molecule has 6 heteroatoms. The van der Waals surface area contributed by atoms with E-state index in [-0.39, 0.29) is 11.7 Å². The molecule has 1 aromatic carbocycles. The van der Waals surface area contributed by atoms with Crippen molar-refractivity contribution in [3.05, 3.63) is 73.6 Å². The average molecular weight is 363 g/mol. The number of pyridine rings is 1. The number of nitrogens with zero attached hydrogens (tertiary/aromatic N) is 2. The molecule has 0 fully saturated rings. The highest BCUT2D eigenvalue weighted by Gasteiger charge is 2.29. The maximum atomic E-state index is 12.7. The van der Waals surface area contributed by atoms with E-state index in [1.165, 1.54) is 16.3 Å².